The molecule has 1 aromatic rings. The van der Waals surface area contributed by atoms with Crippen LogP contribution in [0.1, 0.15) is 33.5 Å². The van der Waals surface area contributed by atoms with Crippen LogP contribution in [0.4, 0.5) is 0 Å². The highest BCUT2D eigenvalue weighted by atomic mass is 32.1. The molecule has 2 N–H and O–H groups in total. The number of hydrogen-bond donors (Lipinski definition) is 2. The van der Waals surface area contributed by atoms with Crippen LogP contribution in [0.3, 0.4) is 0 Å². The van der Waals surface area contributed by atoms with Crippen LogP contribution in [0.2, 0.25) is 0 Å². The molecule has 0 fully saturated rings. The first-order valence-electron chi connectivity index (χ1n) is 5.00. The Hall–Kier alpha value is -1.36. The van der Waals surface area contributed by atoms with Gasteiger partial charge < -0.3 is 10.4 Å². The van der Waals surface area contributed by atoms with Crippen molar-refractivity contribution in [2.24, 2.45) is 0 Å². The minimum absolute atomic E-state index is 0.0604. The Kier molecular flexibility index (Phi) is 4.06. The molecule has 5 heteroatoms. The van der Waals surface area contributed by atoms with E-state index in [9.17, 15) is 9.59 Å². The Morgan fingerprint density at radius 3 is 2.56 bits per heavy atom. The average Bonchev–Trinajstić information content (AvgIpc) is 2.43. The van der Waals surface area contributed by atoms with E-state index in [-0.39, 0.29) is 18.4 Å². The highest BCUT2D eigenvalue weighted by Crippen LogP contribution is 2.20. The van der Waals surface area contributed by atoms with Crippen LogP contribution in [-0.4, -0.2) is 23.0 Å². The lowest BCUT2D eigenvalue weighted by molar-refractivity contribution is -0.137. The zero-order chi connectivity index (χ0) is 12.3. The molecule has 1 aromatic heterocycles. The average molecular weight is 241 g/mol. The molecule has 1 atom stereocenters. The Morgan fingerprint density at radius 2 is 2.12 bits per heavy atom. The number of nitrogens with one attached hydrogen (secondary N) is 1. The summed E-state index contributed by atoms with van der Waals surface area (Å²) >= 11 is 1.42. The molecule has 0 aliphatic heterocycles. The Bertz CT molecular complexity index is 411. The van der Waals surface area contributed by atoms with Crippen molar-refractivity contribution in [2.75, 3.05) is 0 Å². The van der Waals surface area contributed by atoms with Crippen molar-refractivity contribution < 1.29 is 14.7 Å². The highest BCUT2D eigenvalue weighted by Gasteiger charge is 2.15. The lowest BCUT2D eigenvalue weighted by Crippen LogP contribution is -2.34. The number of amides is 1. The van der Waals surface area contributed by atoms with E-state index in [0.717, 1.165) is 10.4 Å². The van der Waals surface area contributed by atoms with E-state index in [1.165, 1.54) is 11.3 Å². The molecular formula is C11H15NO3S. The summed E-state index contributed by atoms with van der Waals surface area (Å²) in [6.07, 6.45) is -0.0604. The molecule has 1 rings (SSSR count). The van der Waals surface area contributed by atoms with Gasteiger partial charge in [0.1, 0.15) is 0 Å². The summed E-state index contributed by atoms with van der Waals surface area (Å²) in [5.74, 6) is -1.10. The second kappa shape index (κ2) is 5.12. The van der Waals surface area contributed by atoms with Gasteiger partial charge in [-0.05, 0) is 32.4 Å². The van der Waals surface area contributed by atoms with Gasteiger partial charge in [0.2, 0.25) is 0 Å². The molecule has 0 saturated heterocycles. The maximum Gasteiger partial charge on any atom is 0.305 e. The van der Waals surface area contributed by atoms with E-state index in [4.69, 9.17) is 5.11 Å². The lowest BCUT2D eigenvalue weighted by atomic mass is 10.2. The predicted octanol–water partition coefficient (Wildman–Crippen LogP) is 1.96. The van der Waals surface area contributed by atoms with E-state index < -0.39 is 5.97 Å². The zero-order valence-corrected chi connectivity index (χ0v) is 10.4. The van der Waals surface area contributed by atoms with Gasteiger partial charge in [-0.25, -0.2) is 0 Å². The molecule has 1 heterocycles. The van der Waals surface area contributed by atoms with E-state index in [0.29, 0.717) is 4.88 Å². The zero-order valence-electron chi connectivity index (χ0n) is 9.53. The number of rotatable bonds is 4. The van der Waals surface area contributed by atoms with Gasteiger partial charge in [0.05, 0.1) is 11.3 Å². The molecule has 0 saturated carbocycles. The molecule has 88 valence electrons. The van der Waals surface area contributed by atoms with E-state index >= 15 is 0 Å². The van der Waals surface area contributed by atoms with Crippen LogP contribution in [0, 0.1) is 13.8 Å². The maximum absolute atomic E-state index is 11.8. The predicted molar refractivity (Wildman–Crippen MR) is 63.0 cm³/mol. The summed E-state index contributed by atoms with van der Waals surface area (Å²) in [6.45, 7) is 5.50. The molecule has 0 unspecified atom stereocenters. The van der Waals surface area contributed by atoms with Crippen molar-refractivity contribution in [3.63, 3.8) is 0 Å². The first kappa shape index (κ1) is 12.7. The Labute approximate surface area is 98.3 Å². The number of thiophene rings is 1. The molecule has 4 nitrogen and oxygen atoms in total. The standard InChI is InChI=1S/C11H15NO3S/c1-6-4-8(3)16-10(6)11(15)12-7(2)5-9(13)14/h4,7H,5H2,1-3H3,(H,12,15)(H,13,14)/t7-/m0/s1. The van der Waals surface area contributed by atoms with E-state index in [1.54, 1.807) is 6.92 Å². The number of aliphatic carboxylic acids is 1. The molecule has 1 amide bonds. The number of hydrogen-bond acceptors (Lipinski definition) is 3. The van der Waals surface area contributed by atoms with Crippen LogP contribution in [0.5, 0.6) is 0 Å². The Morgan fingerprint density at radius 1 is 1.50 bits per heavy atom. The SMILES string of the molecule is Cc1cc(C)c(C(=O)N[C@@H](C)CC(=O)O)s1. The van der Waals surface area contributed by atoms with Gasteiger partial charge in [-0.1, -0.05) is 0 Å². The van der Waals surface area contributed by atoms with Crippen molar-refractivity contribution in [3.05, 3.63) is 21.4 Å². The van der Waals surface area contributed by atoms with Gasteiger partial charge in [0.25, 0.3) is 5.91 Å². The summed E-state index contributed by atoms with van der Waals surface area (Å²) in [4.78, 5) is 24.0. The normalized spacial score (nSPS) is 12.2. The number of carboxylic acid groups (broad SMARTS) is 1. The van der Waals surface area contributed by atoms with E-state index in [1.807, 2.05) is 19.9 Å². The minimum Gasteiger partial charge on any atom is -0.481 e. The second-order valence-electron chi connectivity index (χ2n) is 3.84. The van der Waals surface area contributed by atoms with Crippen molar-refractivity contribution in [2.45, 2.75) is 33.2 Å². The highest BCUT2D eigenvalue weighted by molar-refractivity contribution is 7.14. The molecule has 0 bridgehead atoms. The number of carbonyl (C=O) groups excluding carboxylic acids is 1. The molecule has 16 heavy (non-hydrogen) atoms. The minimum atomic E-state index is -0.910. The van der Waals surface area contributed by atoms with Gasteiger partial charge in [0, 0.05) is 10.9 Å². The van der Waals surface area contributed by atoms with E-state index in [2.05, 4.69) is 5.32 Å². The first-order valence-corrected chi connectivity index (χ1v) is 5.81. The maximum atomic E-state index is 11.8. The first-order chi connectivity index (χ1) is 7.40. The van der Waals surface area contributed by atoms with Gasteiger partial charge in [0.15, 0.2) is 0 Å². The molecule has 0 aliphatic carbocycles. The van der Waals surface area contributed by atoms with Gasteiger partial charge in [-0.3, -0.25) is 9.59 Å². The van der Waals surface area contributed by atoms with Crippen molar-refractivity contribution in [1.82, 2.24) is 5.32 Å². The van der Waals surface area contributed by atoms with Crippen molar-refractivity contribution >= 4 is 23.2 Å². The van der Waals surface area contributed by atoms with Gasteiger partial charge >= 0.3 is 5.97 Å². The molecule has 0 aliphatic rings. The lowest BCUT2D eigenvalue weighted by Gasteiger charge is -2.10. The number of carboxylic acids is 1. The van der Waals surface area contributed by atoms with Crippen molar-refractivity contribution in [3.8, 4) is 0 Å². The third-order valence-electron chi connectivity index (χ3n) is 2.11. The quantitative estimate of drug-likeness (QED) is 0.846. The van der Waals surface area contributed by atoms with Gasteiger partial charge in [-0.2, -0.15) is 0 Å². The topological polar surface area (TPSA) is 66.4 Å². The summed E-state index contributed by atoms with van der Waals surface area (Å²) in [5, 5.41) is 11.2. The summed E-state index contributed by atoms with van der Waals surface area (Å²) < 4.78 is 0. The molecular weight excluding hydrogens is 226 g/mol. The number of aryl methyl sites for hydroxylation is 2. The fraction of sp³-hybridized carbons (Fsp3) is 0.455. The third-order valence-corrected chi connectivity index (χ3v) is 3.26. The fourth-order valence-corrected chi connectivity index (χ4v) is 2.40. The molecule has 0 aromatic carbocycles. The third kappa shape index (κ3) is 3.34. The largest absolute Gasteiger partial charge is 0.481 e. The summed E-state index contributed by atoms with van der Waals surface area (Å²) in [7, 11) is 0. The van der Waals surface area contributed by atoms with Crippen LogP contribution < -0.4 is 5.32 Å². The smallest absolute Gasteiger partial charge is 0.305 e. The summed E-state index contributed by atoms with van der Waals surface area (Å²) in [6, 6.07) is 1.59. The van der Waals surface area contributed by atoms with Crippen molar-refractivity contribution in [1.29, 1.82) is 0 Å². The second-order valence-corrected chi connectivity index (χ2v) is 5.10. The molecule has 0 spiro atoms. The Balaban J connectivity index is 2.65. The van der Waals surface area contributed by atoms with Crippen LogP contribution in [-0.2, 0) is 4.79 Å². The summed E-state index contributed by atoms with van der Waals surface area (Å²) in [5.41, 5.74) is 0.933. The monoisotopic (exact) mass is 241 g/mol. The van der Waals surface area contributed by atoms with Crippen LogP contribution >= 0.6 is 11.3 Å². The number of carbonyl (C=O) groups is 2. The van der Waals surface area contributed by atoms with Crippen LogP contribution in [0.15, 0.2) is 6.07 Å². The van der Waals surface area contributed by atoms with Crippen LogP contribution in [0.25, 0.3) is 0 Å². The molecule has 0 radical (unpaired) electrons. The van der Waals surface area contributed by atoms with Gasteiger partial charge in [-0.15, -0.1) is 11.3 Å². The fourth-order valence-electron chi connectivity index (χ4n) is 1.47.